The van der Waals surface area contributed by atoms with Crippen LogP contribution in [0.2, 0.25) is 0 Å². The Morgan fingerprint density at radius 1 is 1.17 bits per heavy atom. The van der Waals surface area contributed by atoms with E-state index in [0.29, 0.717) is 15.8 Å². The van der Waals surface area contributed by atoms with Crippen LogP contribution in [0.15, 0.2) is 65.7 Å². The minimum Gasteiger partial charge on any atom is -0.497 e. The van der Waals surface area contributed by atoms with Crippen molar-refractivity contribution in [3.8, 4) is 22.7 Å². The highest BCUT2D eigenvalue weighted by Gasteiger charge is 2.31. The lowest BCUT2D eigenvalue weighted by Crippen LogP contribution is -2.28. The maximum Gasteiger partial charge on any atom is 0.266 e. The lowest BCUT2D eigenvalue weighted by atomic mass is 10.1. The van der Waals surface area contributed by atoms with Crippen LogP contribution >= 0.6 is 24.0 Å². The number of rotatable bonds is 6. The summed E-state index contributed by atoms with van der Waals surface area (Å²) < 4.78 is 7.81. The van der Waals surface area contributed by atoms with Gasteiger partial charge in [0.05, 0.1) is 17.7 Å². The van der Waals surface area contributed by atoms with Crippen LogP contribution in [0.4, 0.5) is 0 Å². The molecule has 1 amide bonds. The highest BCUT2D eigenvalue weighted by molar-refractivity contribution is 8.26. The quantitative estimate of drug-likeness (QED) is 0.395. The average molecular weight is 436 g/mol. The minimum absolute atomic E-state index is 0.0455. The van der Waals surface area contributed by atoms with Crippen molar-refractivity contribution >= 4 is 40.3 Å². The molecule has 0 atom stereocenters. The van der Waals surface area contributed by atoms with E-state index in [-0.39, 0.29) is 5.91 Å². The van der Waals surface area contributed by atoms with Gasteiger partial charge in [-0.05, 0) is 36.8 Å². The van der Waals surface area contributed by atoms with Crippen molar-refractivity contribution in [2.75, 3.05) is 13.7 Å². The van der Waals surface area contributed by atoms with Gasteiger partial charge in [-0.15, -0.1) is 0 Å². The van der Waals surface area contributed by atoms with Crippen molar-refractivity contribution in [3.05, 3.63) is 71.3 Å². The van der Waals surface area contributed by atoms with Crippen LogP contribution in [0.25, 0.3) is 23.0 Å². The molecular formula is C23H21N3O2S2. The number of carbonyl (C=O) groups excluding carboxylic acids is 1. The van der Waals surface area contributed by atoms with Crippen LogP contribution in [0.1, 0.15) is 18.9 Å². The lowest BCUT2D eigenvalue weighted by Gasteiger charge is -2.11. The molecule has 0 radical (unpaired) electrons. The van der Waals surface area contributed by atoms with Gasteiger partial charge in [-0.3, -0.25) is 9.69 Å². The van der Waals surface area contributed by atoms with Crippen molar-refractivity contribution in [1.29, 1.82) is 0 Å². The summed E-state index contributed by atoms with van der Waals surface area (Å²) in [5.41, 5.74) is 3.49. The number of nitrogens with zero attached hydrogens (tertiary/aromatic N) is 3. The number of thioether (sulfide) groups is 1. The van der Waals surface area contributed by atoms with Gasteiger partial charge in [0.1, 0.15) is 15.8 Å². The van der Waals surface area contributed by atoms with E-state index in [1.807, 2.05) is 78.5 Å². The smallest absolute Gasteiger partial charge is 0.266 e. The zero-order valence-electron chi connectivity index (χ0n) is 16.7. The molecule has 0 unspecified atom stereocenters. The molecule has 1 aliphatic rings. The largest absolute Gasteiger partial charge is 0.497 e. The maximum absolute atomic E-state index is 12.8. The molecule has 0 spiro atoms. The molecule has 30 heavy (non-hydrogen) atoms. The molecule has 2 aromatic carbocycles. The van der Waals surface area contributed by atoms with Crippen molar-refractivity contribution in [3.63, 3.8) is 0 Å². The Bertz CT molecular complexity index is 1120. The van der Waals surface area contributed by atoms with Gasteiger partial charge >= 0.3 is 0 Å². The maximum atomic E-state index is 12.8. The van der Waals surface area contributed by atoms with Crippen LogP contribution in [0.3, 0.4) is 0 Å². The third-order valence-electron chi connectivity index (χ3n) is 4.71. The van der Waals surface area contributed by atoms with E-state index in [1.165, 1.54) is 11.8 Å². The fourth-order valence-corrected chi connectivity index (χ4v) is 4.56. The van der Waals surface area contributed by atoms with Gasteiger partial charge in [-0.2, -0.15) is 5.10 Å². The van der Waals surface area contributed by atoms with Gasteiger partial charge in [0.15, 0.2) is 0 Å². The number of benzene rings is 2. The Hall–Kier alpha value is -2.90. The molecule has 1 aliphatic heterocycles. The van der Waals surface area contributed by atoms with E-state index in [9.17, 15) is 4.79 Å². The molecule has 2 heterocycles. The summed E-state index contributed by atoms with van der Waals surface area (Å²) >= 11 is 6.75. The summed E-state index contributed by atoms with van der Waals surface area (Å²) in [6, 6.07) is 17.6. The van der Waals surface area contributed by atoms with Gasteiger partial charge in [-0.25, -0.2) is 4.68 Å². The fourth-order valence-electron chi connectivity index (χ4n) is 3.26. The van der Waals surface area contributed by atoms with Crippen LogP contribution in [-0.2, 0) is 4.79 Å². The average Bonchev–Trinajstić information content (AvgIpc) is 3.31. The second kappa shape index (κ2) is 8.85. The number of para-hydroxylation sites is 1. The molecular weight excluding hydrogens is 414 g/mol. The third-order valence-corrected chi connectivity index (χ3v) is 6.09. The number of thiocarbonyl (C=S) groups is 1. The number of carbonyl (C=O) groups is 1. The fraction of sp³-hybridized carbons (Fsp3) is 0.174. The molecule has 0 bridgehead atoms. The second-order valence-electron chi connectivity index (χ2n) is 6.78. The van der Waals surface area contributed by atoms with E-state index >= 15 is 0 Å². The summed E-state index contributed by atoms with van der Waals surface area (Å²) in [6.45, 7) is 2.67. The topological polar surface area (TPSA) is 47.4 Å². The molecule has 1 saturated heterocycles. The second-order valence-corrected chi connectivity index (χ2v) is 8.45. The Morgan fingerprint density at radius 2 is 1.97 bits per heavy atom. The monoisotopic (exact) mass is 435 g/mol. The summed E-state index contributed by atoms with van der Waals surface area (Å²) in [5.74, 6) is 0.706. The molecule has 152 valence electrons. The molecule has 0 aliphatic carbocycles. The van der Waals surface area contributed by atoms with Gasteiger partial charge < -0.3 is 4.74 Å². The van der Waals surface area contributed by atoms with E-state index < -0.39 is 0 Å². The number of ether oxygens (including phenoxy) is 1. The third kappa shape index (κ3) is 4.04. The van der Waals surface area contributed by atoms with Crippen LogP contribution < -0.4 is 4.74 Å². The van der Waals surface area contributed by atoms with Crippen molar-refractivity contribution < 1.29 is 9.53 Å². The molecule has 5 nitrogen and oxygen atoms in total. The summed E-state index contributed by atoms with van der Waals surface area (Å²) in [7, 11) is 1.64. The van der Waals surface area contributed by atoms with Crippen LogP contribution in [0, 0.1) is 0 Å². The number of aromatic nitrogens is 2. The van der Waals surface area contributed by atoms with Gasteiger partial charge in [0, 0.05) is 23.9 Å². The number of amides is 1. The molecule has 1 fully saturated rings. The predicted molar refractivity (Wildman–Crippen MR) is 126 cm³/mol. The Balaban J connectivity index is 1.81. The molecule has 4 rings (SSSR count). The van der Waals surface area contributed by atoms with Crippen molar-refractivity contribution in [1.82, 2.24) is 14.7 Å². The molecule has 3 aromatic rings. The summed E-state index contributed by atoms with van der Waals surface area (Å²) in [4.78, 5) is 15.1. The van der Waals surface area contributed by atoms with Gasteiger partial charge in [0.25, 0.3) is 5.91 Å². The first-order chi connectivity index (χ1) is 14.6. The minimum atomic E-state index is -0.0455. The highest BCUT2D eigenvalue weighted by Crippen LogP contribution is 2.35. The standard InChI is InChI=1S/C23H21N3O2S2/c1-3-12-25-22(27)20(30-23(25)29)14-17-15-26(18-9-5-4-6-10-18)24-21(17)16-8-7-11-19(13-16)28-2/h4-11,13-15H,3,12H2,1-2H3/b20-14-. The Kier molecular flexibility index (Phi) is 6.01. The SMILES string of the molecule is CCCN1C(=O)/C(=C/c2cn(-c3ccccc3)nc2-c2cccc(OC)c2)SC1=S. The number of methoxy groups -OCH3 is 1. The highest BCUT2D eigenvalue weighted by atomic mass is 32.2. The lowest BCUT2D eigenvalue weighted by molar-refractivity contribution is -0.122. The first-order valence-electron chi connectivity index (χ1n) is 9.65. The molecule has 1 aromatic heterocycles. The molecule has 7 heteroatoms. The van der Waals surface area contributed by atoms with Crippen LogP contribution in [0.5, 0.6) is 5.75 Å². The predicted octanol–water partition coefficient (Wildman–Crippen LogP) is 5.16. The van der Waals surface area contributed by atoms with E-state index in [4.69, 9.17) is 22.1 Å². The first kappa shape index (κ1) is 20.4. The number of hydrogen-bond acceptors (Lipinski definition) is 5. The van der Waals surface area contributed by atoms with Crippen molar-refractivity contribution in [2.24, 2.45) is 0 Å². The molecule has 0 N–H and O–H groups in total. The van der Waals surface area contributed by atoms with E-state index in [0.717, 1.165) is 34.7 Å². The zero-order chi connectivity index (χ0) is 21.1. The van der Waals surface area contributed by atoms with Crippen LogP contribution in [-0.4, -0.2) is 38.6 Å². The zero-order valence-corrected chi connectivity index (χ0v) is 18.4. The molecule has 0 saturated carbocycles. The Morgan fingerprint density at radius 3 is 2.70 bits per heavy atom. The van der Waals surface area contributed by atoms with E-state index in [2.05, 4.69) is 0 Å². The van der Waals surface area contributed by atoms with Gasteiger partial charge in [-0.1, -0.05) is 61.2 Å². The normalized spacial score (nSPS) is 15.3. The summed E-state index contributed by atoms with van der Waals surface area (Å²) in [5, 5.41) is 4.82. The Labute approximate surface area is 185 Å². The van der Waals surface area contributed by atoms with Gasteiger partial charge in [0.2, 0.25) is 0 Å². The first-order valence-corrected chi connectivity index (χ1v) is 10.9. The van der Waals surface area contributed by atoms with E-state index in [1.54, 1.807) is 12.0 Å². The number of hydrogen-bond donors (Lipinski definition) is 0. The summed E-state index contributed by atoms with van der Waals surface area (Å²) in [6.07, 6.45) is 4.69. The van der Waals surface area contributed by atoms with Crippen molar-refractivity contribution in [2.45, 2.75) is 13.3 Å².